The van der Waals surface area contributed by atoms with Crippen LogP contribution >= 0.6 is 0 Å². The van der Waals surface area contributed by atoms with E-state index in [2.05, 4.69) is 38.3 Å². The van der Waals surface area contributed by atoms with Crippen LogP contribution in [0.25, 0.3) is 0 Å². The summed E-state index contributed by atoms with van der Waals surface area (Å²) in [5.41, 5.74) is 1.56. The first-order chi connectivity index (χ1) is 14.0. The number of carbonyl (C=O) groups is 1. The Balaban J connectivity index is 1.56. The molecule has 1 aliphatic heterocycles. The predicted molar refractivity (Wildman–Crippen MR) is 114 cm³/mol. The number of benzene rings is 2. The number of hydrogen-bond donors (Lipinski definition) is 3. The van der Waals surface area contributed by atoms with Crippen LogP contribution < -0.4 is 15.4 Å². The molecular weight excluding hydrogens is 382 g/mol. The summed E-state index contributed by atoms with van der Waals surface area (Å²) < 4.78 is 5.74. The van der Waals surface area contributed by atoms with Crippen LogP contribution in [0.5, 0.6) is 5.75 Å². The summed E-state index contributed by atoms with van der Waals surface area (Å²) in [5, 5.41) is 15.6. The van der Waals surface area contributed by atoms with Gasteiger partial charge < -0.3 is 15.4 Å². The van der Waals surface area contributed by atoms with E-state index in [-0.39, 0.29) is 33.6 Å². The number of piperidine rings is 1. The van der Waals surface area contributed by atoms with Gasteiger partial charge in [0.2, 0.25) is 0 Å². The molecule has 0 atom stereocenters. The maximum Gasteiger partial charge on any atom is 0.316 e. The minimum absolute atomic E-state index is 0.0290. The molecule has 160 valence electrons. The molecule has 1 aliphatic rings. The molecular formula is C23H30N3O4+. The van der Waals surface area contributed by atoms with Gasteiger partial charge in [0.1, 0.15) is 12.4 Å². The monoisotopic (exact) mass is 412 g/mol. The van der Waals surface area contributed by atoms with Gasteiger partial charge in [-0.3, -0.25) is 4.79 Å². The van der Waals surface area contributed by atoms with Crippen LogP contribution in [-0.4, -0.2) is 33.2 Å². The van der Waals surface area contributed by atoms with E-state index in [1.807, 2.05) is 0 Å². The van der Waals surface area contributed by atoms with Gasteiger partial charge in [-0.25, -0.2) is 5.21 Å². The van der Waals surface area contributed by atoms with Gasteiger partial charge in [0.15, 0.2) is 0 Å². The first-order valence-electron chi connectivity index (χ1n) is 10.1. The molecule has 0 aromatic heterocycles. The van der Waals surface area contributed by atoms with Crippen LogP contribution in [0.2, 0.25) is 0 Å². The lowest BCUT2D eigenvalue weighted by Gasteiger charge is -2.46. The molecule has 0 aliphatic carbocycles. The zero-order chi connectivity index (χ0) is 21.9. The molecule has 3 N–H and O–H groups in total. The molecule has 2 aromatic rings. The Hall–Kier alpha value is -2.93. The predicted octanol–water partition coefficient (Wildman–Crippen LogP) is 4.10. The quantitative estimate of drug-likeness (QED) is 0.622. The Morgan fingerprint density at radius 1 is 1.07 bits per heavy atom. The Morgan fingerprint density at radius 3 is 2.17 bits per heavy atom. The Labute approximate surface area is 177 Å². The SMILES string of the molecule is CC1(C)CC(NC(=O)c2ccc(OCc3ccc([N+](=O)O)cc3)cc2)CC(C)(C)N1. The lowest BCUT2D eigenvalue weighted by molar-refractivity contribution is -0.729. The molecule has 0 spiro atoms. The topological polar surface area (TPSA) is 90.7 Å². The highest BCUT2D eigenvalue weighted by Crippen LogP contribution is 2.28. The maximum atomic E-state index is 12.7. The normalized spacial score (nSPS) is 17.9. The van der Waals surface area contributed by atoms with E-state index in [9.17, 15) is 9.70 Å². The second-order valence-corrected chi connectivity index (χ2v) is 9.22. The van der Waals surface area contributed by atoms with Crippen LogP contribution in [0.15, 0.2) is 48.5 Å². The zero-order valence-electron chi connectivity index (χ0n) is 17.9. The van der Waals surface area contributed by atoms with Crippen LogP contribution in [0.3, 0.4) is 0 Å². The van der Waals surface area contributed by atoms with Crippen LogP contribution in [0, 0.1) is 4.91 Å². The van der Waals surface area contributed by atoms with Crippen LogP contribution in [0.4, 0.5) is 5.69 Å². The third kappa shape index (κ3) is 5.79. The molecule has 1 heterocycles. The largest absolute Gasteiger partial charge is 0.489 e. The van der Waals surface area contributed by atoms with Crippen molar-refractivity contribution in [3.63, 3.8) is 0 Å². The summed E-state index contributed by atoms with van der Waals surface area (Å²) >= 11 is 0. The van der Waals surface area contributed by atoms with Crippen LogP contribution in [-0.2, 0) is 6.61 Å². The van der Waals surface area contributed by atoms with E-state index in [1.165, 1.54) is 12.1 Å². The number of nitrogens with zero attached hydrogens (tertiary/aromatic N) is 1. The molecule has 2 aromatic carbocycles. The fraction of sp³-hybridized carbons (Fsp3) is 0.435. The van der Waals surface area contributed by atoms with Gasteiger partial charge in [0.05, 0.1) is 4.91 Å². The summed E-state index contributed by atoms with van der Waals surface area (Å²) in [4.78, 5) is 23.3. The number of carbonyl (C=O) groups excluding carboxylic acids is 1. The lowest BCUT2D eigenvalue weighted by Crippen LogP contribution is -2.62. The van der Waals surface area contributed by atoms with Crippen molar-refractivity contribution >= 4 is 11.6 Å². The van der Waals surface area contributed by atoms with E-state index in [1.54, 1.807) is 36.4 Å². The first kappa shape index (κ1) is 21.8. The summed E-state index contributed by atoms with van der Waals surface area (Å²) in [5.74, 6) is 0.564. The highest BCUT2D eigenvalue weighted by Gasteiger charge is 2.38. The molecule has 0 radical (unpaired) electrons. The molecule has 7 nitrogen and oxygen atoms in total. The van der Waals surface area contributed by atoms with Crippen molar-refractivity contribution in [1.29, 1.82) is 0 Å². The Bertz CT molecular complexity index is 889. The molecule has 7 heteroatoms. The van der Waals surface area contributed by atoms with Crippen LogP contribution in [0.1, 0.15) is 56.5 Å². The molecule has 0 saturated carbocycles. The van der Waals surface area contributed by atoms with Crippen molar-refractivity contribution in [2.24, 2.45) is 0 Å². The van der Waals surface area contributed by atoms with Crippen molar-refractivity contribution in [1.82, 2.24) is 10.6 Å². The lowest BCUT2D eigenvalue weighted by atomic mass is 9.79. The van der Waals surface area contributed by atoms with Gasteiger partial charge in [0.25, 0.3) is 10.8 Å². The van der Waals surface area contributed by atoms with Crippen molar-refractivity contribution < 1.29 is 19.7 Å². The molecule has 0 unspecified atom stereocenters. The smallest absolute Gasteiger partial charge is 0.316 e. The van der Waals surface area contributed by atoms with Gasteiger partial charge in [-0.15, -0.1) is 0 Å². The van der Waals surface area contributed by atoms with Crippen molar-refractivity contribution in [2.45, 2.75) is 64.3 Å². The minimum atomic E-state index is -0.180. The van der Waals surface area contributed by atoms with Crippen molar-refractivity contribution in [2.75, 3.05) is 0 Å². The summed E-state index contributed by atoms with van der Waals surface area (Å²) in [6.07, 6.45) is 1.76. The van der Waals surface area contributed by atoms with E-state index in [4.69, 9.17) is 9.94 Å². The first-order valence-corrected chi connectivity index (χ1v) is 10.1. The van der Waals surface area contributed by atoms with Gasteiger partial charge in [-0.2, -0.15) is 0 Å². The number of rotatable bonds is 6. The average molecular weight is 413 g/mol. The second-order valence-electron chi connectivity index (χ2n) is 9.22. The fourth-order valence-corrected chi connectivity index (χ4v) is 4.28. The summed E-state index contributed by atoms with van der Waals surface area (Å²) in [6, 6.07) is 13.6. The van der Waals surface area contributed by atoms with Gasteiger partial charge in [0, 0.05) is 34.8 Å². The maximum absolute atomic E-state index is 12.7. The zero-order valence-corrected chi connectivity index (χ0v) is 17.9. The summed E-state index contributed by atoms with van der Waals surface area (Å²) in [6.45, 7) is 8.95. The number of nitrogens with one attached hydrogen (secondary N) is 2. The molecule has 3 rings (SSSR count). The molecule has 1 fully saturated rings. The van der Waals surface area contributed by atoms with E-state index in [0.717, 1.165) is 18.4 Å². The molecule has 0 bridgehead atoms. The Morgan fingerprint density at radius 2 is 1.63 bits per heavy atom. The molecule has 30 heavy (non-hydrogen) atoms. The fourth-order valence-electron chi connectivity index (χ4n) is 4.28. The van der Waals surface area contributed by atoms with Crippen molar-refractivity contribution in [3.8, 4) is 5.75 Å². The van der Waals surface area contributed by atoms with E-state index in [0.29, 0.717) is 17.9 Å². The second kappa shape index (κ2) is 8.44. The van der Waals surface area contributed by atoms with Gasteiger partial charge in [-0.05, 0) is 82.5 Å². The highest BCUT2D eigenvalue weighted by atomic mass is 16.6. The number of ether oxygens (including phenoxy) is 1. The minimum Gasteiger partial charge on any atom is -0.489 e. The van der Waals surface area contributed by atoms with E-state index < -0.39 is 0 Å². The molecule has 1 saturated heterocycles. The third-order valence-electron chi connectivity index (χ3n) is 5.20. The third-order valence-corrected chi connectivity index (χ3v) is 5.20. The average Bonchev–Trinajstić information content (AvgIpc) is 2.64. The Kier molecular flexibility index (Phi) is 6.12. The standard InChI is InChI=1S/C23H29N3O4/c1-22(2)13-18(14-23(3,4)25-22)24-21(27)17-7-11-20(12-8-17)30-15-16-5-9-19(10-6-16)26(28)29/h5-12,18,25H,13-15H2,1-4H3,(H-,24,27,28,29)/p+1. The van der Waals surface area contributed by atoms with Gasteiger partial charge in [-0.1, -0.05) is 0 Å². The van der Waals surface area contributed by atoms with Crippen molar-refractivity contribution in [3.05, 3.63) is 64.6 Å². The van der Waals surface area contributed by atoms with Gasteiger partial charge >= 0.3 is 5.69 Å². The summed E-state index contributed by atoms with van der Waals surface area (Å²) in [7, 11) is 0. The number of amides is 1. The number of hydrogen-bond acceptors (Lipinski definition) is 4. The van der Waals surface area contributed by atoms with E-state index >= 15 is 0 Å². The highest BCUT2D eigenvalue weighted by molar-refractivity contribution is 5.94. The molecule has 1 amide bonds.